The molecule has 0 heterocycles. The average molecular weight is 234 g/mol. The Morgan fingerprint density at radius 3 is 2.41 bits per heavy atom. The number of fused-ring (bicyclic) bond motifs is 5. The fraction of sp³-hybridized carbons (Fsp3) is 0.800. The van der Waals surface area contributed by atoms with Gasteiger partial charge in [-0.3, -0.25) is 0 Å². The maximum atomic E-state index is 11.5. The monoisotopic (exact) mass is 234 g/mol. The molecule has 4 atom stereocenters. The van der Waals surface area contributed by atoms with Crippen molar-refractivity contribution >= 4 is 5.97 Å². The Labute approximate surface area is 103 Å². The van der Waals surface area contributed by atoms with Gasteiger partial charge < -0.3 is 4.74 Å². The van der Waals surface area contributed by atoms with Crippen molar-refractivity contribution in [3.05, 3.63) is 12.7 Å². The molecule has 0 aromatic heterocycles. The quantitative estimate of drug-likeness (QED) is 0.553. The first kappa shape index (κ1) is 11.3. The first-order valence-electron chi connectivity index (χ1n) is 7.03. The summed E-state index contributed by atoms with van der Waals surface area (Å²) in [6.45, 7) is 5.66. The zero-order valence-corrected chi connectivity index (χ0v) is 10.7. The van der Waals surface area contributed by atoms with Crippen molar-refractivity contribution < 1.29 is 9.53 Å². The summed E-state index contributed by atoms with van der Waals surface area (Å²) in [6, 6.07) is 0. The second-order valence-corrected chi connectivity index (χ2v) is 6.23. The minimum atomic E-state index is -0.237. The third-order valence-corrected chi connectivity index (χ3v) is 5.62. The van der Waals surface area contributed by atoms with E-state index in [0.717, 1.165) is 42.9 Å². The maximum Gasteiger partial charge on any atom is 0.330 e. The van der Waals surface area contributed by atoms with E-state index in [1.807, 2.05) is 0 Å². The fourth-order valence-electron chi connectivity index (χ4n) is 4.81. The number of hydrogen-bond donors (Lipinski definition) is 0. The molecule has 0 N–H and O–H groups in total. The molecule has 0 amide bonds. The van der Waals surface area contributed by atoms with Crippen LogP contribution in [0.2, 0.25) is 0 Å². The average Bonchev–Trinajstić information content (AvgIpc) is 2.99. The van der Waals surface area contributed by atoms with E-state index in [1.165, 1.54) is 25.3 Å². The van der Waals surface area contributed by atoms with Crippen LogP contribution in [-0.2, 0) is 9.53 Å². The molecule has 0 saturated heterocycles. The van der Waals surface area contributed by atoms with Gasteiger partial charge in [0.1, 0.15) is 5.60 Å². The van der Waals surface area contributed by atoms with Gasteiger partial charge in [0.2, 0.25) is 0 Å². The SMILES string of the molecule is C=CC(=O)OC1(CC)CC2C3CCC(C3)C2C1. The number of carbonyl (C=O) groups excluding carboxylic acids is 1. The van der Waals surface area contributed by atoms with Crippen molar-refractivity contribution in [1.29, 1.82) is 0 Å². The zero-order valence-electron chi connectivity index (χ0n) is 10.7. The lowest BCUT2D eigenvalue weighted by atomic mass is 9.82. The second-order valence-electron chi connectivity index (χ2n) is 6.23. The van der Waals surface area contributed by atoms with Crippen LogP contribution in [-0.4, -0.2) is 11.6 Å². The van der Waals surface area contributed by atoms with Gasteiger partial charge in [-0.05, 0) is 62.2 Å². The molecule has 94 valence electrons. The topological polar surface area (TPSA) is 26.3 Å². The summed E-state index contributed by atoms with van der Waals surface area (Å²) in [5, 5.41) is 0. The summed E-state index contributed by atoms with van der Waals surface area (Å²) in [7, 11) is 0. The number of hydrogen-bond acceptors (Lipinski definition) is 2. The van der Waals surface area contributed by atoms with Crippen molar-refractivity contribution in [1.82, 2.24) is 0 Å². The zero-order chi connectivity index (χ0) is 12.0. The molecule has 2 heteroatoms. The van der Waals surface area contributed by atoms with E-state index in [0.29, 0.717) is 0 Å². The largest absolute Gasteiger partial charge is 0.456 e. The third kappa shape index (κ3) is 1.64. The van der Waals surface area contributed by atoms with E-state index < -0.39 is 0 Å². The molecule has 3 saturated carbocycles. The molecule has 2 nitrogen and oxygen atoms in total. The van der Waals surface area contributed by atoms with Gasteiger partial charge in [0.05, 0.1) is 0 Å². The Kier molecular flexibility index (Phi) is 2.57. The highest BCUT2D eigenvalue weighted by Gasteiger charge is 2.57. The predicted octanol–water partition coefficient (Wildman–Crippen LogP) is 3.32. The van der Waals surface area contributed by atoms with Crippen LogP contribution in [0.25, 0.3) is 0 Å². The van der Waals surface area contributed by atoms with E-state index in [4.69, 9.17) is 4.74 Å². The highest BCUT2D eigenvalue weighted by Crippen LogP contribution is 2.62. The molecule has 3 aliphatic carbocycles. The van der Waals surface area contributed by atoms with Crippen LogP contribution in [0.5, 0.6) is 0 Å². The summed E-state index contributed by atoms with van der Waals surface area (Å²) in [6.07, 6.45) is 8.76. The van der Waals surface area contributed by atoms with Crippen LogP contribution in [0.1, 0.15) is 45.4 Å². The van der Waals surface area contributed by atoms with Crippen molar-refractivity contribution in [2.45, 2.75) is 51.0 Å². The molecule has 0 radical (unpaired) electrons. The van der Waals surface area contributed by atoms with Gasteiger partial charge in [-0.1, -0.05) is 13.5 Å². The molecule has 3 aliphatic rings. The Balaban J connectivity index is 1.76. The highest BCUT2D eigenvalue weighted by molar-refractivity contribution is 5.81. The van der Waals surface area contributed by atoms with Gasteiger partial charge in [-0.25, -0.2) is 4.79 Å². The molecule has 0 spiro atoms. The van der Waals surface area contributed by atoms with Crippen molar-refractivity contribution in [2.24, 2.45) is 23.7 Å². The molecule has 0 aromatic rings. The molecular weight excluding hydrogens is 212 g/mol. The van der Waals surface area contributed by atoms with Gasteiger partial charge in [-0.2, -0.15) is 0 Å². The number of ether oxygens (including phenoxy) is 1. The van der Waals surface area contributed by atoms with Gasteiger partial charge in [0, 0.05) is 6.08 Å². The molecule has 4 unspecified atom stereocenters. The van der Waals surface area contributed by atoms with Crippen LogP contribution in [0.3, 0.4) is 0 Å². The Morgan fingerprint density at radius 1 is 1.35 bits per heavy atom. The van der Waals surface area contributed by atoms with Crippen molar-refractivity contribution in [2.75, 3.05) is 0 Å². The minimum Gasteiger partial charge on any atom is -0.456 e. The lowest BCUT2D eigenvalue weighted by molar-refractivity contribution is -0.154. The fourth-order valence-corrected chi connectivity index (χ4v) is 4.81. The van der Waals surface area contributed by atoms with Crippen molar-refractivity contribution in [3.8, 4) is 0 Å². The Hall–Kier alpha value is -0.790. The number of carbonyl (C=O) groups is 1. The van der Waals surface area contributed by atoms with Crippen LogP contribution in [0.15, 0.2) is 12.7 Å². The predicted molar refractivity (Wildman–Crippen MR) is 66.4 cm³/mol. The third-order valence-electron chi connectivity index (χ3n) is 5.62. The summed E-state index contributed by atoms with van der Waals surface area (Å²) in [5.74, 6) is 3.30. The highest BCUT2D eigenvalue weighted by atomic mass is 16.6. The summed E-state index contributed by atoms with van der Waals surface area (Å²) in [5.41, 5.74) is -0.165. The summed E-state index contributed by atoms with van der Waals surface area (Å²) >= 11 is 0. The van der Waals surface area contributed by atoms with Crippen LogP contribution in [0.4, 0.5) is 0 Å². The van der Waals surface area contributed by atoms with Gasteiger partial charge in [0.25, 0.3) is 0 Å². The van der Waals surface area contributed by atoms with E-state index in [1.54, 1.807) is 0 Å². The Bertz CT molecular complexity index is 329. The van der Waals surface area contributed by atoms with E-state index in [2.05, 4.69) is 13.5 Å². The molecule has 3 fully saturated rings. The number of esters is 1. The molecule has 2 bridgehead atoms. The molecule has 3 rings (SSSR count). The summed E-state index contributed by atoms with van der Waals surface area (Å²) in [4.78, 5) is 11.5. The lowest BCUT2D eigenvalue weighted by Crippen LogP contribution is -2.32. The first-order valence-corrected chi connectivity index (χ1v) is 7.03. The van der Waals surface area contributed by atoms with E-state index in [-0.39, 0.29) is 11.6 Å². The molecular formula is C15H22O2. The molecule has 0 aromatic carbocycles. The minimum absolute atomic E-state index is 0.165. The number of rotatable bonds is 3. The van der Waals surface area contributed by atoms with Gasteiger partial charge in [-0.15, -0.1) is 0 Å². The molecule has 0 aliphatic heterocycles. The second kappa shape index (κ2) is 3.86. The van der Waals surface area contributed by atoms with Crippen LogP contribution < -0.4 is 0 Å². The van der Waals surface area contributed by atoms with E-state index in [9.17, 15) is 4.79 Å². The van der Waals surface area contributed by atoms with Crippen molar-refractivity contribution in [3.63, 3.8) is 0 Å². The van der Waals surface area contributed by atoms with E-state index >= 15 is 0 Å². The van der Waals surface area contributed by atoms with Gasteiger partial charge >= 0.3 is 5.97 Å². The first-order chi connectivity index (χ1) is 8.17. The summed E-state index contributed by atoms with van der Waals surface area (Å²) < 4.78 is 5.70. The lowest BCUT2D eigenvalue weighted by Gasteiger charge is -2.29. The standard InChI is InChI=1S/C15H22O2/c1-3-14(16)17-15(4-2)8-12-10-5-6-11(7-10)13(12)9-15/h3,10-13H,1,4-9H2,2H3. The van der Waals surface area contributed by atoms with Gasteiger partial charge in [0.15, 0.2) is 0 Å². The Morgan fingerprint density at radius 2 is 1.94 bits per heavy atom. The van der Waals surface area contributed by atoms with Crippen LogP contribution >= 0.6 is 0 Å². The maximum absolute atomic E-state index is 11.5. The van der Waals surface area contributed by atoms with Crippen LogP contribution in [0, 0.1) is 23.7 Å². The molecule has 17 heavy (non-hydrogen) atoms. The smallest absolute Gasteiger partial charge is 0.330 e. The normalized spacial score (nSPS) is 46.9.